The fourth-order valence-corrected chi connectivity index (χ4v) is 2.80. The van der Waals surface area contributed by atoms with Crippen LogP contribution in [0.4, 0.5) is 0 Å². The van der Waals surface area contributed by atoms with E-state index in [1.165, 1.54) is 22.6 Å². The first-order chi connectivity index (χ1) is 7.25. The van der Waals surface area contributed by atoms with Gasteiger partial charge in [0.1, 0.15) is 0 Å². The lowest BCUT2D eigenvalue weighted by atomic mass is 10.2. The SMILES string of the molecule is Cc1ccc([C@@H](C)NC[C@@H]2CCCO2)s1. The molecule has 0 amide bonds. The fraction of sp³-hybridized carbons (Fsp3) is 0.667. The van der Waals surface area contributed by atoms with E-state index in [0.29, 0.717) is 12.1 Å². The summed E-state index contributed by atoms with van der Waals surface area (Å²) in [5.74, 6) is 0. The van der Waals surface area contributed by atoms with Crippen LogP contribution in [-0.2, 0) is 4.74 Å². The Hall–Kier alpha value is -0.380. The van der Waals surface area contributed by atoms with E-state index >= 15 is 0 Å². The van der Waals surface area contributed by atoms with Crippen LogP contribution in [0.25, 0.3) is 0 Å². The molecule has 15 heavy (non-hydrogen) atoms. The van der Waals surface area contributed by atoms with Crippen LogP contribution in [0.1, 0.15) is 35.6 Å². The average molecular weight is 225 g/mol. The fourth-order valence-electron chi connectivity index (χ4n) is 1.90. The van der Waals surface area contributed by atoms with Gasteiger partial charge >= 0.3 is 0 Å². The largest absolute Gasteiger partial charge is 0.377 e. The molecule has 1 saturated heterocycles. The maximum absolute atomic E-state index is 5.59. The van der Waals surface area contributed by atoms with Gasteiger partial charge in [-0.15, -0.1) is 11.3 Å². The molecule has 1 aliphatic heterocycles. The third-order valence-electron chi connectivity index (χ3n) is 2.86. The molecule has 2 heterocycles. The Morgan fingerprint density at radius 2 is 2.47 bits per heavy atom. The second-order valence-electron chi connectivity index (χ2n) is 4.21. The first-order valence-corrected chi connectivity index (χ1v) is 6.48. The zero-order valence-corrected chi connectivity index (χ0v) is 10.3. The zero-order chi connectivity index (χ0) is 10.7. The van der Waals surface area contributed by atoms with Crippen molar-refractivity contribution in [3.05, 3.63) is 21.9 Å². The summed E-state index contributed by atoms with van der Waals surface area (Å²) in [5, 5.41) is 3.54. The number of hydrogen-bond donors (Lipinski definition) is 1. The summed E-state index contributed by atoms with van der Waals surface area (Å²) >= 11 is 1.88. The molecule has 0 spiro atoms. The highest BCUT2D eigenvalue weighted by Crippen LogP contribution is 2.22. The van der Waals surface area contributed by atoms with Crippen molar-refractivity contribution in [2.45, 2.75) is 38.8 Å². The molecule has 2 rings (SSSR count). The quantitative estimate of drug-likeness (QED) is 0.850. The molecule has 0 aliphatic carbocycles. The molecule has 2 atom stereocenters. The van der Waals surface area contributed by atoms with Gasteiger partial charge in [0.2, 0.25) is 0 Å². The van der Waals surface area contributed by atoms with E-state index in [1.807, 2.05) is 11.3 Å². The van der Waals surface area contributed by atoms with Crippen molar-refractivity contribution in [3.63, 3.8) is 0 Å². The Morgan fingerprint density at radius 1 is 1.60 bits per heavy atom. The number of thiophene rings is 1. The lowest BCUT2D eigenvalue weighted by molar-refractivity contribution is 0.108. The molecular weight excluding hydrogens is 206 g/mol. The van der Waals surface area contributed by atoms with Crippen molar-refractivity contribution in [2.75, 3.05) is 13.2 Å². The molecule has 0 unspecified atom stereocenters. The highest BCUT2D eigenvalue weighted by Gasteiger charge is 2.16. The van der Waals surface area contributed by atoms with Crippen LogP contribution in [0.15, 0.2) is 12.1 Å². The molecule has 0 saturated carbocycles. The first-order valence-electron chi connectivity index (χ1n) is 5.67. The van der Waals surface area contributed by atoms with Gasteiger partial charge in [0.05, 0.1) is 6.10 Å². The van der Waals surface area contributed by atoms with Gasteiger partial charge < -0.3 is 10.1 Å². The van der Waals surface area contributed by atoms with E-state index < -0.39 is 0 Å². The van der Waals surface area contributed by atoms with E-state index in [-0.39, 0.29) is 0 Å². The van der Waals surface area contributed by atoms with E-state index in [1.54, 1.807) is 0 Å². The van der Waals surface area contributed by atoms with Crippen molar-refractivity contribution in [2.24, 2.45) is 0 Å². The summed E-state index contributed by atoms with van der Waals surface area (Å²) in [6, 6.07) is 4.85. The van der Waals surface area contributed by atoms with Crippen LogP contribution in [-0.4, -0.2) is 19.3 Å². The normalized spacial score (nSPS) is 23.2. The molecule has 84 valence electrons. The lowest BCUT2D eigenvalue weighted by Crippen LogP contribution is -2.28. The molecule has 1 aliphatic rings. The highest BCUT2D eigenvalue weighted by molar-refractivity contribution is 7.12. The monoisotopic (exact) mass is 225 g/mol. The Bertz CT molecular complexity index is 304. The van der Waals surface area contributed by atoms with Crippen molar-refractivity contribution in [1.82, 2.24) is 5.32 Å². The van der Waals surface area contributed by atoms with Crippen LogP contribution >= 0.6 is 11.3 Å². The van der Waals surface area contributed by atoms with Crippen molar-refractivity contribution in [1.29, 1.82) is 0 Å². The van der Waals surface area contributed by atoms with Gasteiger partial charge in [-0.3, -0.25) is 0 Å². The molecular formula is C12H19NOS. The van der Waals surface area contributed by atoms with Gasteiger partial charge in [0.15, 0.2) is 0 Å². The maximum Gasteiger partial charge on any atom is 0.0700 e. The predicted molar refractivity (Wildman–Crippen MR) is 64.4 cm³/mol. The number of aryl methyl sites for hydroxylation is 1. The summed E-state index contributed by atoms with van der Waals surface area (Å²) in [5.41, 5.74) is 0. The van der Waals surface area contributed by atoms with Gasteiger partial charge in [-0.25, -0.2) is 0 Å². The molecule has 1 N–H and O–H groups in total. The molecule has 1 fully saturated rings. The third-order valence-corrected chi connectivity index (χ3v) is 4.05. The first kappa shape index (κ1) is 11.1. The molecule has 0 radical (unpaired) electrons. The Labute approximate surface area is 95.6 Å². The molecule has 1 aromatic rings. The summed E-state index contributed by atoms with van der Waals surface area (Å²) in [4.78, 5) is 2.81. The maximum atomic E-state index is 5.59. The van der Waals surface area contributed by atoms with E-state index in [2.05, 4.69) is 31.3 Å². The van der Waals surface area contributed by atoms with Gasteiger partial charge in [0.25, 0.3) is 0 Å². The van der Waals surface area contributed by atoms with E-state index in [0.717, 1.165) is 13.2 Å². The van der Waals surface area contributed by atoms with Crippen LogP contribution in [0, 0.1) is 6.92 Å². The topological polar surface area (TPSA) is 21.3 Å². The number of rotatable bonds is 4. The van der Waals surface area contributed by atoms with Gasteiger partial charge in [-0.2, -0.15) is 0 Å². The molecule has 3 heteroatoms. The molecule has 0 bridgehead atoms. The Balaban J connectivity index is 1.79. The van der Waals surface area contributed by atoms with Gasteiger partial charge in [-0.05, 0) is 38.8 Å². The standard InChI is InChI=1S/C12H19NOS/c1-9-5-6-12(15-9)10(2)13-8-11-4-3-7-14-11/h5-6,10-11,13H,3-4,7-8H2,1-2H3/t10-,11+/m1/s1. The number of ether oxygens (including phenoxy) is 1. The second kappa shape index (κ2) is 5.10. The van der Waals surface area contributed by atoms with Crippen molar-refractivity contribution < 1.29 is 4.74 Å². The van der Waals surface area contributed by atoms with Crippen LogP contribution < -0.4 is 5.32 Å². The molecule has 2 nitrogen and oxygen atoms in total. The van der Waals surface area contributed by atoms with E-state index in [4.69, 9.17) is 4.74 Å². The smallest absolute Gasteiger partial charge is 0.0700 e. The minimum Gasteiger partial charge on any atom is -0.377 e. The van der Waals surface area contributed by atoms with Crippen LogP contribution in [0.2, 0.25) is 0 Å². The lowest BCUT2D eigenvalue weighted by Gasteiger charge is -2.15. The van der Waals surface area contributed by atoms with Crippen LogP contribution in [0.5, 0.6) is 0 Å². The summed E-state index contributed by atoms with van der Waals surface area (Å²) in [6.07, 6.45) is 2.87. The van der Waals surface area contributed by atoms with Crippen LogP contribution in [0.3, 0.4) is 0 Å². The highest BCUT2D eigenvalue weighted by atomic mass is 32.1. The number of hydrogen-bond acceptors (Lipinski definition) is 3. The summed E-state index contributed by atoms with van der Waals surface area (Å²) in [7, 11) is 0. The van der Waals surface area contributed by atoms with Gasteiger partial charge in [-0.1, -0.05) is 0 Å². The third kappa shape index (κ3) is 3.03. The van der Waals surface area contributed by atoms with Crippen molar-refractivity contribution >= 4 is 11.3 Å². The molecule has 1 aromatic heterocycles. The second-order valence-corrected chi connectivity index (χ2v) is 5.53. The summed E-state index contributed by atoms with van der Waals surface area (Å²) < 4.78 is 5.59. The average Bonchev–Trinajstić information content (AvgIpc) is 2.84. The number of nitrogens with one attached hydrogen (secondary N) is 1. The molecule has 0 aromatic carbocycles. The minimum absolute atomic E-state index is 0.438. The van der Waals surface area contributed by atoms with Gasteiger partial charge in [0, 0.05) is 28.9 Å². The van der Waals surface area contributed by atoms with Crippen molar-refractivity contribution in [3.8, 4) is 0 Å². The Morgan fingerprint density at radius 3 is 3.07 bits per heavy atom. The summed E-state index contributed by atoms with van der Waals surface area (Å²) in [6.45, 7) is 6.30. The predicted octanol–water partition coefficient (Wildman–Crippen LogP) is 2.89. The zero-order valence-electron chi connectivity index (χ0n) is 9.45. The van der Waals surface area contributed by atoms with E-state index in [9.17, 15) is 0 Å². The Kier molecular flexibility index (Phi) is 3.78. The minimum atomic E-state index is 0.438.